The number of anilines is 1. The summed E-state index contributed by atoms with van der Waals surface area (Å²) in [6.45, 7) is 3.40. The van der Waals surface area contributed by atoms with Gasteiger partial charge in [0.15, 0.2) is 0 Å². The summed E-state index contributed by atoms with van der Waals surface area (Å²) in [5.41, 5.74) is 0.926. The predicted octanol–water partition coefficient (Wildman–Crippen LogP) is 3.78. The molecule has 0 saturated heterocycles. The summed E-state index contributed by atoms with van der Waals surface area (Å²) in [7, 11) is 0. The third-order valence-electron chi connectivity index (χ3n) is 3.40. The van der Waals surface area contributed by atoms with Crippen LogP contribution >= 0.6 is 0 Å². The van der Waals surface area contributed by atoms with E-state index in [2.05, 4.69) is 17.6 Å². The zero-order chi connectivity index (χ0) is 13.9. The number of nitrogens with one attached hydrogen (secondary N) is 2. The third-order valence-corrected chi connectivity index (χ3v) is 3.40. The first-order valence-electron chi connectivity index (χ1n) is 6.68. The zero-order valence-corrected chi connectivity index (χ0v) is 11.0. The molecule has 106 valence electrons. The SMILES string of the molecule is CCCCC1CNCc2cc(C(F)(F)F)ccc2N1. The first kappa shape index (κ1) is 14.2. The number of hydrogen-bond donors (Lipinski definition) is 2. The summed E-state index contributed by atoms with van der Waals surface area (Å²) in [4.78, 5) is 0. The topological polar surface area (TPSA) is 24.1 Å². The molecule has 5 heteroatoms. The lowest BCUT2D eigenvalue weighted by molar-refractivity contribution is -0.137. The van der Waals surface area contributed by atoms with Crippen LogP contribution in [0.5, 0.6) is 0 Å². The summed E-state index contributed by atoms with van der Waals surface area (Å²) < 4.78 is 38.0. The molecule has 1 aromatic rings. The number of unbranched alkanes of at least 4 members (excludes halogenated alkanes) is 1. The molecule has 2 N–H and O–H groups in total. The van der Waals surface area contributed by atoms with E-state index in [4.69, 9.17) is 0 Å². The van der Waals surface area contributed by atoms with Crippen molar-refractivity contribution in [3.63, 3.8) is 0 Å². The van der Waals surface area contributed by atoms with Crippen molar-refractivity contribution in [1.82, 2.24) is 5.32 Å². The maximum absolute atomic E-state index is 12.7. The van der Waals surface area contributed by atoms with E-state index >= 15 is 0 Å². The van der Waals surface area contributed by atoms with E-state index in [-0.39, 0.29) is 6.04 Å². The van der Waals surface area contributed by atoms with Gasteiger partial charge in [0, 0.05) is 24.8 Å². The first-order valence-corrected chi connectivity index (χ1v) is 6.68. The second-order valence-corrected chi connectivity index (χ2v) is 4.98. The molecular weight excluding hydrogens is 253 g/mol. The van der Waals surface area contributed by atoms with Crippen molar-refractivity contribution < 1.29 is 13.2 Å². The smallest absolute Gasteiger partial charge is 0.381 e. The third kappa shape index (κ3) is 3.62. The molecule has 2 nitrogen and oxygen atoms in total. The second-order valence-electron chi connectivity index (χ2n) is 4.98. The lowest BCUT2D eigenvalue weighted by Gasteiger charge is -2.18. The Labute approximate surface area is 111 Å². The van der Waals surface area contributed by atoms with E-state index in [9.17, 15) is 13.2 Å². The monoisotopic (exact) mass is 272 g/mol. The van der Waals surface area contributed by atoms with Crippen molar-refractivity contribution in [2.75, 3.05) is 11.9 Å². The molecule has 1 heterocycles. The van der Waals surface area contributed by atoms with Gasteiger partial charge in [0.1, 0.15) is 0 Å². The maximum atomic E-state index is 12.7. The number of rotatable bonds is 3. The molecule has 0 spiro atoms. The average Bonchev–Trinajstić information content (AvgIpc) is 2.55. The van der Waals surface area contributed by atoms with Crippen molar-refractivity contribution in [3.8, 4) is 0 Å². The lowest BCUT2D eigenvalue weighted by atomic mass is 10.1. The maximum Gasteiger partial charge on any atom is 0.416 e. The van der Waals surface area contributed by atoms with Gasteiger partial charge in [0.2, 0.25) is 0 Å². The molecule has 1 aromatic carbocycles. The summed E-state index contributed by atoms with van der Waals surface area (Å²) in [5, 5.41) is 6.55. The Balaban J connectivity index is 2.16. The van der Waals surface area contributed by atoms with Crippen LogP contribution in [-0.2, 0) is 12.7 Å². The van der Waals surface area contributed by atoms with Crippen molar-refractivity contribution in [3.05, 3.63) is 29.3 Å². The van der Waals surface area contributed by atoms with Gasteiger partial charge in [-0.25, -0.2) is 0 Å². The Morgan fingerprint density at radius 2 is 2.11 bits per heavy atom. The number of fused-ring (bicyclic) bond motifs is 1. The fourth-order valence-corrected chi connectivity index (χ4v) is 2.33. The molecule has 0 aromatic heterocycles. The summed E-state index contributed by atoms with van der Waals surface area (Å²) in [6, 6.07) is 4.22. The Kier molecular flexibility index (Phi) is 4.34. The molecule has 1 atom stereocenters. The number of alkyl halides is 3. The Morgan fingerprint density at radius 1 is 1.32 bits per heavy atom. The van der Waals surface area contributed by atoms with Crippen LogP contribution in [0.4, 0.5) is 18.9 Å². The average molecular weight is 272 g/mol. The lowest BCUT2D eigenvalue weighted by Crippen LogP contribution is -2.29. The molecule has 0 aliphatic carbocycles. The molecule has 19 heavy (non-hydrogen) atoms. The summed E-state index contributed by atoms with van der Waals surface area (Å²) >= 11 is 0. The standard InChI is InChI=1S/C14H19F3N2/c1-2-3-4-12-9-18-8-10-7-11(14(15,16)17)5-6-13(10)19-12/h5-7,12,18-19H,2-4,8-9H2,1H3. The van der Waals surface area contributed by atoms with E-state index in [0.717, 1.165) is 37.6 Å². The highest BCUT2D eigenvalue weighted by Gasteiger charge is 2.31. The predicted molar refractivity (Wildman–Crippen MR) is 70.1 cm³/mol. The minimum absolute atomic E-state index is 0.290. The first-order chi connectivity index (χ1) is 9.00. The highest BCUT2D eigenvalue weighted by molar-refractivity contribution is 5.54. The van der Waals surface area contributed by atoms with Crippen LogP contribution in [0.25, 0.3) is 0 Å². The molecule has 2 rings (SSSR count). The minimum atomic E-state index is -4.27. The Bertz CT molecular complexity index is 429. The van der Waals surface area contributed by atoms with Crippen LogP contribution in [0.15, 0.2) is 18.2 Å². The molecule has 1 unspecified atom stereocenters. The fourth-order valence-electron chi connectivity index (χ4n) is 2.33. The molecule has 1 aliphatic rings. The number of hydrogen-bond acceptors (Lipinski definition) is 2. The quantitative estimate of drug-likeness (QED) is 0.875. The number of halogens is 3. The summed E-state index contributed by atoms with van der Waals surface area (Å²) in [6.07, 6.45) is -1.000. The van der Waals surface area contributed by atoms with Gasteiger partial charge in [-0.3, -0.25) is 0 Å². The van der Waals surface area contributed by atoms with Gasteiger partial charge < -0.3 is 10.6 Å². The molecule has 0 saturated carbocycles. The van der Waals surface area contributed by atoms with Crippen LogP contribution in [0.2, 0.25) is 0 Å². The van der Waals surface area contributed by atoms with Crippen LogP contribution < -0.4 is 10.6 Å². The van der Waals surface area contributed by atoms with Gasteiger partial charge in [0.05, 0.1) is 5.56 Å². The van der Waals surface area contributed by atoms with Gasteiger partial charge in [-0.2, -0.15) is 13.2 Å². The van der Waals surface area contributed by atoms with E-state index in [1.165, 1.54) is 6.07 Å². The molecule has 1 aliphatic heterocycles. The van der Waals surface area contributed by atoms with Crippen molar-refractivity contribution in [1.29, 1.82) is 0 Å². The normalized spacial score (nSPS) is 19.5. The fraction of sp³-hybridized carbons (Fsp3) is 0.571. The largest absolute Gasteiger partial charge is 0.416 e. The van der Waals surface area contributed by atoms with Gasteiger partial charge in [0.25, 0.3) is 0 Å². The molecular formula is C14H19F3N2. The zero-order valence-electron chi connectivity index (χ0n) is 11.0. The van der Waals surface area contributed by atoms with Crippen LogP contribution in [0, 0.1) is 0 Å². The molecule has 0 radical (unpaired) electrons. The minimum Gasteiger partial charge on any atom is -0.381 e. The molecule has 0 bridgehead atoms. The van der Waals surface area contributed by atoms with Crippen molar-refractivity contribution in [2.24, 2.45) is 0 Å². The highest BCUT2D eigenvalue weighted by atomic mass is 19.4. The van der Waals surface area contributed by atoms with Crippen LogP contribution in [0.1, 0.15) is 37.3 Å². The van der Waals surface area contributed by atoms with Gasteiger partial charge in [-0.15, -0.1) is 0 Å². The van der Waals surface area contributed by atoms with Gasteiger partial charge >= 0.3 is 6.18 Å². The van der Waals surface area contributed by atoms with Crippen molar-refractivity contribution in [2.45, 2.75) is 44.9 Å². The molecule has 0 fully saturated rings. The van der Waals surface area contributed by atoms with Crippen molar-refractivity contribution >= 4 is 5.69 Å². The van der Waals surface area contributed by atoms with E-state index in [1.54, 1.807) is 6.07 Å². The second kappa shape index (κ2) is 5.82. The Hall–Kier alpha value is -1.23. The van der Waals surface area contributed by atoms with Gasteiger partial charge in [-0.1, -0.05) is 19.8 Å². The highest BCUT2D eigenvalue weighted by Crippen LogP contribution is 2.32. The van der Waals surface area contributed by atoms with E-state index in [1.807, 2.05) is 0 Å². The van der Waals surface area contributed by atoms with Gasteiger partial charge in [-0.05, 0) is 30.2 Å². The van der Waals surface area contributed by atoms with E-state index < -0.39 is 11.7 Å². The number of benzene rings is 1. The Morgan fingerprint density at radius 3 is 2.79 bits per heavy atom. The summed E-state index contributed by atoms with van der Waals surface area (Å²) in [5.74, 6) is 0. The van der Waals surface area contributed by atoms with E-state index in [0.29, 0.717) is 12.1 Å². The van der Waals surface area contributed by atoms with Crippen LogP contribution in [0.3, 0.4) is 0 Å². The van der Waals surface area contributed by atoms with Crippen LogP contribution in [-0.4, -0.2) is 12.6 Å². The molecule has 0 amide bonds.